The van der Waals surface area contributed by atoms with Crippen molar-refractivity contribution in [3.63, 3.8) is 0 Å². The van der Waals surface area contributed by atoms with E-state index < -0.39 is 12.0 Å². The van der Waals surface area contributed by atoms with Gasteiger partial charge in [-0.05, 0) is 43.8 Å². The van der Waals surface area contributed by atoms with Crippen LogP contribution in [0.3, 0.4) is 0 Å². The molecule has 8 heteroatoms. The molecule has 3 aromatic rings. The van der Waals surface area contributed by atoms with Crippen LogP contribution in [0.5, 0.6) is 0 Å². The van der Waals surface area contributed by atoms with Crippen LogP contribution in [0.25, 0.3) is 22.3 Å². The molecule has 0 aliphatic rings. The monoisotopic (exact) mass is 439 g/mol. The highest BCUT2D eigenvalue weighted by molar-refractivity contribution is 9.10. The molecule has 0 saturated carbocycles. The zero-order chi connectivity index (χ0) is 19.0. The van der Waals surface area contributed by atoms with Gasteiger partial charge < -0.3 is 0 Å². The fourth-order valence-corrected chi connectivity index (χ4v) is 3.43. The first-order valence-corrected chi connectivity index (χ1v) is 9.27. The molecule has 1 aromatic carbocycles. The number of fused-ring (bicyclic) bond motifs is 1. The van der Waals surface area contributed by atoms with Crippen LogP contribution in [0.4, 0.5) is 8.78 Å². The largest absolute Gasteiger partial charge is 0.300 e. The molecule has 1 N–H and O–H groups in total. The molecule has 3 rings (SSSR count). The molecule has 0 aliphatic heterocycles. The molecule has 4 nitrogen and oxygen atoms in total. The molecule has 2 aromatic heterocycles. The Kier molecular flexibility index (Phi) is 5.34. The molecule has 136 valence electrons. The maximum atomic E-state index is 13.7. The molecule has 2 heterocycles. The van der Waals surface area contributed by atoms with E-state index in [1.54, 1.807) is 16.7 Å². The Balaban J connectivity index is 2.45. The third kappa shape index (κ3) is 3.35. The van der Waals surface area contributed by atoms with Gasteiger partial charge >= 0.3 is 0 Å². The minimum absolute atomic E-state index is 0.0972. The minimum atomic E-state index is -2.81. The van der Waals surface area contributed by atoms with E-state index in [4.69, 9.17) is 12.2 Å². The first kappa shape index (κ1) is 18.8. The summed E-state index contributed by atoms with van der Waals surface area (Å²) in [5.74, 6) is 0. The second-order valence-electron chi connectivity index (χ2n) is 5.99. The Morgan fingerprint density at radius 2 is 1.96 bits per heavy atom. The summed E-state index contributed by atoms with van der Waals surface area (Å²) >= 11 is 8.62. The summed E-state index contributed by atoms with van der Waals surface area (Å²) in [5, 5.41) is -0.116. The number of alkyl halides is 2. The molecule has 0 fully saturated rings. The summed E-state index contributed by atoms with van der Waals surface area (Å²) in [6, 6.07) is 8.35. The lowest BCUT2D eigenvalue weighted by atomic mass is 10.1. The summed E-state index contributed by atoms with van der Waals surface area (Å²) in [6.07, 6.45) is -2.10. The smallest absolute Gasteiger partial charge is 0.264 e. The number of H-pyrrole nitrogens is 1. The first-order valence-electron chi connectivity index (χ1n) is 8.07. The molecule has 1 atom stereocenters. The number of pyridine rings is 1. The molecule has 0 unspecified atom stereocenters. The second-order valence-corrected chi connectivity index (χ2v) is 7.29. The van der Waals surface area contributed by atoms with Crippen molar-refractivity contribution in [1.82, 2.24) is 14.5 Å². The van der Waals surface area contributed by atoms with Crippen molar-refractivity contribution in [2.45, 2.75) is 32.7 Å². The van der Waals surface area contributed by atoms with E-state index in [9.17, 15) is 13.6 Å². The Morgan fingerprint density at radius 3 is 2.54 bits per heavy atom. The average Bonchev–Trinajstić information content (AvgIpc) is 2.60. The predicted octanol–water partition coefficient (Wildman–Crippen LogP) is 5.79. The van der Waals surface area contributed by atoms with Crippen molar-refractivity contribution in [2.75, 3.05) is 0 Å². The quantitative estimate of drug-likeness (QED) is 0.523. The molecule has 26 heavy (non-hydrogen) atoms. The van der Waals surface area contributed by atoms with E-state index in [0.717, 1.165) is 4.47 Å². The summed E-state index contributed by atoms with van der Waals surface area (Å²) < 4.78 is 30.1. The number of nitrogens with zero attached hydrogens (tertiary/aromatic N) is 2. The van der Waals surface area contributed by atoms with Gasteiger partial charge in [-0.2, -0.15) is 0 Å². The Hall–Kier alpha value is -1.93. The van der Waals surface area contributed by atoms with Crippen LogP contribution < -0.4 is 5.56 Å². The van der Waals surface area contributed by atoms with Gasteiger partial charge in [-0.3, -0.25) is 14.3 Å². The fourth-order valence-electron chi connectivity index (χ4n) is 2.81. The van der Waals surface area contributed by atoms with Gasteiger partial charge in [0.15, 0.2) is 4.77 Å². The van der Waals surface area contributed by atoms with E-state index in [-0.39, 0.29) is 27.4 Å². The minimum Gasteiger partial charge on any atom is -0.300 e. The molecular formula is C18H16BrF2N3OS. The standard InChI is InChI=1S/C18H16BrF2N3OS/c1-3-9(2)24-16-14(17(25)23-18(24)26)12(15(20)21)8-13(22-16)10-4-6-11(19)7-5-10/h4-9,15H,3H2,1-2H3,(H,23,25,26)/t9-/m0/s1. The Morgan fingerprint density at radius 1 is 1.31 bits per heavy atom. The molecule has 0 saturated heterocycles. The van der Waals surface area contributed by atoms with E-state index in [1.165, 1.54) is 6.07 Å². The number of benzene rings is 1. The highest BCUT2D eigenvalue weighted by Crippen LogP contribution is 2.31. The third-order valence-corrected chi connectivity index (χ3v) is 5.16. The van der Waals surface area contributed by atoms with Gasteiger partial charge in [0.05, 0.1) is 11.1 Å². The number of rotatable bonds is 4. The van der Waals surface area contributed by atoms with Crippen molar-refractivity contribution in [2.24, 2.45) is 0 Å². The van der Waals surface area contributed by atoms with E-state index >= 15 is 0 Å². The highest BCUT2D eigenvalue weighted by atomic mass is 79.9. The van der Waals surface area contributed by atoms with Gasteiger partial charge in [0.2, 0.25) is 0 Å². The highest BCUT2D eigenvalue weighted by Gasteiger charge is 2.21. The summed E-state index contributed by atoms with van der Waals surface area (Å²) in [6.45, 7) is 3.86. The topological polar surface area (TPSA) is 50.7 Å². The van der Waals surface area contributed by atoms with Crippen LogP contribution in [0.2, 0.25) is 0 Å². The normalized spacial score (nSPS) is 12.7. The van der Waals surface area contributed by atoms with Crippen LogP contribution >= 0.6 is 28.1 Å². The van der Waals surface area contributed by atoms with Crippen LogP contribution in [0.1, 0.15) is 38.3 Å². The molecule has 0 aliphatic carbocycles. The van der Waals surface area contributed by atoms with Crippen LogP contribution in [-0.2, 0) is 0 Å². The van der Waals surface area contributed by atoms with Crippen molar-refractivity contribution >= 4 is 39.2 Å². The SMILES string of the molecule is CC[C@H](C)n1c(=S)[nH]c(=O)c2c(C(F)F)cc(-c3ccc(Br)cc3)nc21. The molecule has 0 spiro atoms. The third-order valence-electron chi connectivity index (χ3n) is 4.33. The lowest BCUT2D eigenvalue weighted by molar-refractivity contribution is 0.153. The number of hydrogen-bond donors (Lipinski definition) is 1. The lowest BCUT2D eigenvalue weighted by Crippen LogP contribution is -2.19. The van der Waals surface area contributed by atoms with Gasteiger partial charge in [0.25, 0.3) is 12.0 Å². The van der Waals surface area contributed by atoms with Gasteiger partial charge in [-0.15, -0.1) is 0 Å². The summed E-state index contributed by atoms with van der Waals surface area (Å²) in [5.41, 5.74) is 0.246. The second kappa shape index (κ2) is 7.36. The van der Waals surface area contributed by atoms with Crippen molar-refractivity contribution in [1.29, 1.82) is 0 Å². The fraction of sp³-hybridized carbons (Fsp3) is 0.278. The van der Waals surface area contributed by atoms with Crippen LogP contribution in [-0.4, -0.2) is 14.5 Å². The van der Waals surface area contributed by atoms with Crippen molar-refractivity contribution in [3.8, 4) is 11.3 Å². The number of aromatic amines is 1. The van der Waals surface area contributed by atoms with Gasteiger partial charge in [0, 0.05) is 21.6 Å². The van der Waals surface area contributed by atoms with Gasteiger partial charge in [0.1, 0.15) is 5.65 Å². The number of aromatic nitrogens is 3. The van der Waals surface area contributed by atoms with Crippen molar-refractivity contribution < 1.29 is 8.78 Å². The first-order chi connectivity index (χ1) is 12.3. The van der Waals surface area contributed by atoms with E-state index in [2.05, 4.69) is 25.9 Å². The Bertz CT molecular complexity index is 1080. The Labute approximate surface area is 162 Å². The molecule has 0 bridgehead atoms. The van der Waals surface area contributed by atoms with Gasteiger partial charge in [-0.25, -0.2) is 13.8 Å². The van der Waals surface area contributed by atoms with Crippen LogP contribution in [0.15, 0.2) is 39.6 Å². The van der Waals surface area contributed by atoms with Crippen molar-refractivity contribution in [3.05, 3.63) is 55.5 Å². The molecule has 0 amide bonds. The van der Waals surface area contributed by atoms with Crippen LogP contribution in [0, 0.1) is 4.77 Å². The zero-order valence-electron chi connectivity index (χ0n) is 14.1. The summed E-state index contributed by atoms with van der Waals surface area (Å²) in [7, 11) is 0. The maximum Gasteiger partial charge on any atom is 0.264 e. The van der Waals surface area contributed by atoms with E-state index in [1.807, 2.05) is 26.0 Å². The van der Waals surface area contributed by atoms with Gasteiger partial charge in [-0.1, -0.05) is 35.0 Å². The lowest BCUT2D eigenvalue weighted by Gasteiger charge is -2.18. The zero-order valence-corrected chi connectivity index (χ0v) is 16.5. The molecular weight excluding hydrogens is 424 g/mol. The van der Waals surface area contributed by atoms with E-state index in [0.29, 0.717) is 17.7 Å². The number of nitrogens with one attached hydrogen (secondary N) is 1. The number of hydrogen-bond acceptors (Lipinski definition) is 3. The average molecular weight is 440 g/mol. The summed E-state index contributed by atoms with van der Waals surface area (Å²) in [4.78, 5) is 19.4. The number of halogens is 3. The molecule has 0 radical (unpaired) electrons. The maximum absolute atomic E-state index is 13.7. The predicted molar refractivity (Wildman–Crippen MR) is 104 cm³/mol.